The van der Waals surface area contributed by atoms with Crippen LogP contribution in [0.4, 0.5) is 5.69 Å². The number of hydrogen-bond acceptors (Lipinski definition) is 2. The Balaban J connectivity index is 2.17. The van der Waals surface area contributed by atoms with Crippen molar-refractivity contribution < 1.29 is 0 Å². The maximum atomic E-state index is 9.39. The van der Waals surface area contributed by atoms with Crippen LogP contribution in [-0.2, 0) is 0 Å². The third kappa shape index (κ3) is 2.04. The summed E-state index contributed by atoms with van der Waals surface area (Å²) < 4.78 is 0. The second kappa shape index (κ2) is 4.17. The molecule has 0 amide bonds. The molecule has 1 aliphatic carbocycles. The van der Waals surface area contributed by atoms with Crippen LogP contribution in [0.3, 0.4) is 0 Å². The van der Waals surface area contributed by atoms with Crippen LogP contribution < -0.4 is 5.32 Å². The minimum Gasteiger partial charge on any atom is -0.367 e. The van der Waals surface area contributed by atoms with Gasteiger partial charge in [-0.25, -0.2) is 0 Å². The summed E-state index contributed by atoms with van der Waals surface area (Å²) in [5.74, 6) is 0.531. The summed E-state index contributed by atoms with van der Waals surface area (Å²) in [5.41, 5.74) is 1.95. The van der Waals surface area contributed by atoms with Crippen molar-refractivity contribution in [2.24, 2.45) is 5.92 Å². The molecule has 84 valence electrons. The third-order valence-electron chi connectivity index (χ3n) is 3.45. The zero-order valence-electron chi connectivity index (χ0n) is 9.96. The van der Waals surface area contributed by atoms with Crippen molar-refractivity contribution >= 4 is 5.69 Å². The normalized spacial score (nSPS) is 18.6. The van der Waals surface area contributed by atoms with Crippen molar-refractivity contribution in [1.82, 2.24) is 0 Å². The first-order valence-corrected chi connectivity index (χ1v) is 5.96. The van der Waals surface area contributed by atoms with E-state index in [1.807, 2.05) is 0 Å². The Kier molecular flexibility index (Phi) is 2.87. The zero-order valence-corrected chi connectivity index (χ0v) is 9.96. The highest BCUT2D eigenvalue weighted by Crippen LogP contribution is 2.43. The molecule has 2 nitrogen and oxygen atoms in total. The van der Waals surface area contributed by atoms with E-state index in [1.54, 1.807) is 0 Å². The minimum absolute atomic E-state index is 0.352. The zero-order chi connectivity index (χ0) is 11.6. The molecule has 2 rings (SSSR count). The lowest BCUT2D eigenvalue weighted by molar-refractivity contribution is 0.499. The monoisotopic (exact) mass is 214 g/mol. The van der Waals surface area contributed by atoms with Gasteiger partial charge in [-0.05, 0) is 44.2 Å². The predicted molar refractivity (Wildman–Crippen MR) is 66.2 cm³/mol. The molecule has 0 heterocycles. The largest absolute Gasteiger partial charge is 0.367 e. The van der Waals surface area contributed by atoms with Gasteiger partial charge in [0.1, 0.15) is 5.54 Å². The van der Waals surface area contributed by atoms with Crippen molar-refractivity contribution in [3.05, 3.63) is 29.8 Å². The van der Waals surface area contributed by atoms with E-state index in [9.17, 15) is 5.26 Å². The molecule has 1 aromatic rings. The van der Waals surface area contributed by atoms with Gasteiger partial charge in [-0.2, -0.15) is 5.26 Å². The van der Waals surface area contributed by atoms with Crippen molar-refractivity contribution in [3.63, 3.8) is 0 Å². The van der Waals surface area contributed by atoms with Gasteiger partial charge in [0, 0.05) is 5.69 Å². The Labute approximate surface area is 97.3 Å². The van der Waals surface area contributed by atoms with Crippen LogP contribution >= 0.6 is 0 Å². The van der Waals surface area contributed by atoms with Gasteiger partial charge in [0.05, 0.1) is 6.07 Å². The second-order valence-corrected chi connectivity index (χ2v) is 4.70. The van der Waals surface area contributed by atoms with Gasteiger partial charge in [0.2, 0.25) is 0 Å². The Morgan fingerprint density at radius 3 is 2.44 bits per heavy atom. The van der Waals surface area contributed by atoms with Gasteiger partial charge in [-0.3, -0.25) is 0 Å². The van der Waals surface area contributed by atoms with Crippen LogP contribution in [0, 0.1) is 24.2 Å². The number of nitrogens with zero attached hydrogens (tertiary/aromatic N) is 1. The van der Waals surface area contributed by atoms with Gasteiger partial charge in [-0.15, -0.1) is 0 Å². The predicted octanol–water partition coefficient (Wildman–Crippen LogP) is 3.49. The lowest BCUT2D eigenvalue weighted by Crippen LogP contribution is -2.38. The van der Waals surface area contributed by atoms with E-state index >= 15 is 0 Å². The first-order chi connectivity index (χ1) is 7.70. The van der Waals surface area contributed by atoms with E-state index in [1.165, 1.54) is 18.4 Å². The SMILES string of the molecule is CCC(C#N)(Nc1ccc(C)cc1)C1CC1. The first-order valence-electron chi connectivity index (χ1n) is 5.96. The number of aryl methyl sites for hydroxylation is 1. The minimum atomic E-state index is -0.352. The van der Waals surface area contributed by atoms with Crippen molar-refractivity contribution in [2.75, 3.05) is 5.32 Å². The van der Waals surface area contributed by atoms with E-state index in [-0.39, 0.29) is 5.54 Å². The summed E-state index contributed by atoms with van der Waals surface area (Å²) in [6.45, 7) is 4.16. The van der Waals surface area contributed by atoms with Gasteiger partial charge in [0.25, 0.3) is 0 Å². The Morgan fingerprint density at radius 2 is 2.00 bits per heavy atom. The van der Waals surface area contributed by atoms with Crippen LogP contribution in [0.5, 0.6) is 0 Å². The van der Waals surface area contributed by atoms with E-state index in [4.69, 9.17) is 0 Å². The molecular weight excluding hydrogens is 196 g/mol. The summed E-state index contributed by atoms with van der Waals surface area (Å²) in [7, 11) is 0. The molecule has 0 radical (unpaired) electrons. The van der Waals surface area contributed by atoms with Crippen LogP contribution in [0.1, 0.15) is 31.7 Å². The molecule has 16 heavy (non-hydrogen) atoms. The molecule has 1 unspecified atom stereocenters. The van der Waals surface area contributed by atoms with E-state index in [0.717, 1.165) is 12.1 Å². The summed E-state index contributed by atoms with van der Waals surface area (Å²) in [6, 6.07) is 10.7. The summed E-state index contributed by atoms with van der Waals surface area (Å²) in [4.78, 5) is 0. The number of benzene rings is 1. The van der Waals surface area contributed by atoms with Crippen molar-refractivity contribution in [2.45, 2.75) is 38.6 Å². The lowest BCUT2D eigenvalue weighted by atomic mass is 9.91. The van der Waals surface area contributed by atoms with Crippen molar-refractivity contribution in [1.29, 1.82) is 5.26 Å². The fourth-order valence-electron chi connectivity index (χ4n) is 2.15. The summed E-state index contributed by atoms with van der Waals surface area (Å²) in [6.07, 6.45) is 3.22. The highest BCUT2D eigenvalue weighted by molar-refractivity contribution is 5.49. The molecule has 1 aliphatic rings. The maximum Gasteiger partial charge on any atom is 0.127 e. The highest BCUT2D eigenvalue weighted by atomic mass is 15.0. The molecule has 1 fully saturated rings. The fourth-order valence-corrected chi connectivity index (χ4v) is 2.15. The molecule has 0 aliphatic heterocycles. The Bertz CT molecular complexity index is 398. The molecule has 1 N–H and O–H groups in total. The van der Waals surface area contributed by atoms with E-state index < -0.39 is 0 Å². The van der Waals surface area contributed by atoms with Crippen LogP contribution in [-0.4, -0.2) is 5.54 Å². The Hall–Kier alpha value is -1.49. The van der Waals surface area contributed by atoms with Gasteiger partial charge in [0.15, 0.2) is 0 Å². The van der Waals surface area contributed by atoms with Crippen LogP contribution in [0.15, 0.2) is 24.3 Å². The van der Waals surface area contributed by atoms with Gasteiger partial charge in [-0.1, -0.05) is 24.6 Å². The molecule has 1 atom stereocenters. The summed E-state index contributed by atoms with van der Waals surface area (Å²) >= 11 is 0. The van der Waals surface area contributed by atoms with Gasteiger partial charge >= 0.3 is 0 Å². The van der Waals surface area contributed by atoms with Crippen LogP contribution in [0.2, 0.25) is 0 Å². The van der Waals surface area contributed by atoms with E-state index in [0.29, 0.717) is 5.92 Å². The third-order valence-corrected chi connectivity index (χ3v) is 3.45. The van der Waals surface area contributed by atoms with Crippen molar-refractivity contribution in [3.8, 4) is 6.07 Å². The number of anilines is 1. The molecule has 0 bridgehead atoms. The molecule has 1 saturated carbocycles. The van der Waals surface area contributed by atoms with E-state index in [2.05, 4.69) is 49.5 Å². The number of hydrogen-bond donors (Lipinski definition) is 1. The first kappa shape index (κ1) is 11.0. The quantitative estimate of drug-likeness (QED) is 0.832. The average Bonchev–Trinajstić information content (AvgIpc) is 3.13. The number of nitriles is 1. The standard InChI is InChI=1S/C14H18N2/c1-3-14(10-15,12-6-7-12)16-13-8-4-11(2)5-9-13/h4-5,8-9,12,16H,3,6-7H2,1-2H3. The van der Waals surface area contributed by atoms with Gasteiger partial charge < -0.3 is 5.32 Å². The molecule has 0 saturated heterocycles. The second-order valence-electron chi connectivity index (χ2n) is 4.70. The molecule has 1 aromatic carbocycles. The van der Waals surface area contributed by atoms with Crippen LogP contribution in [0.25, 0.3) is 0 Å². The summed E-state index contributed by atoms with van der Waals surface area (Å²) in [5, 5.41) is 12.8. The number of nitrogens with one attached hydrogen (secondary N) is 1. The maximum absolute atomic E-state index is 9.39. The lowest BCUT2D eigenvalue weighted by Gasteiger charge is -2.27. The number of rotatable bonds is 4. The smallest absolute Gasteiger partial charge is 0.127 e. The highest BCUT2D eigenvalue weighted by Gasteiger charge is 2.44. The fraction of sp³-hybridized carbons (Fsp3) is 0.500. The topological polar surface area (TPSA) is 35.8 Å². The average molecular weight is 214 g/mol. The molecule has 0 aromatic heterocycles. The Morgan fingerprint density at radius 1 is 1.38 bits per heavy atom. The molecule has 2 heteroatoms. The molecule has 0 spiro atoms. The molecular formula is C14H18N2.